The van der Waals surface area contributed by atoms with Crippen LogP contribution in [-0.4, -0.2) is 48.3 Å². The van der Waals surface area contributed by atoms with Crippen LogP contribution in [0.25, 0.3) is 6.08 Å². The Bertz CT molecular complexity index is 908. The highest BCUT2D eigenvalue weighted by atomic mass is 19.1. The number of hydrogen-bond acceptors (Lipinski definition) is 3. The lowest BCUT2D eigenvalue weighted by Crippen LogP contribution is -2.21. The molecular weight excluding hydrogens is 367 g/mol. The largest absolute Gasteiger partial charge is 0.309 e. The van der Waals surface area contributed by atoms with Crippen molar-refractivity contribution >= 4 is 19.1 Å². The molecule has 0 radical (unpaired) electrons. The van der Waals surface area contributed by atoms with Gasteiger partial charge in [-0.1, -0.05) is 36.9 Å². The van der Waals surface area contributed by atoms with Gasteiger partial charge in [0.2, 0.25) is 0 Å². The molecule has 0 amide bonds. The molecule has 0 fully saturated rings. The maximum Gasteiger partial charge on any atom is 0.123 e. The second-order valence-corrected chi connectivity index (χ2v) is 7.06. The number of carbonyl (C=O) groups is 1. The van der Waals surface area contributed by atoms with E-state index >= 15 is 0 Å². The summed E-state index contributed by atoms with van der Waals surface area (Å²) in [5, 5.41) is 3.32. The van der Waals surface area contributed by atoms with E-state index in [4.69, 9.17) is 4.79 Å². The van der Waals surface area contributed by atoms with E-state index in [9.17, 15) is 4.39 Å². The standard InChI is InChI=1S/C22H27FN4.CH2O.H2/c1-4-5-7-17-9-10-19(23)14-18(17)16-27-22-12-11-20(8-6-13-26(2)3)24-15-21(22)25-27;1-2;/h4-5,7,9-11,14-15,25H,1,6,8,12-13,16H2,2-3H3;1H2;1H/b7-5+;;. The third-order valence-corrected chi connectivity index (χ3v) is 4.67. The second-order valence-electron chi connectivity index (χ2n) is 7.06. The summed E-state index contributed by atoms with van der Waals surface area (Å²) in [5.41, 5.74) is 5.31. The number of hydrogen-bond donors (Lipinski definition) is 1. The lowest BCUT2D eigenvalue weighted by atomic mass is 10.1. The first-order valence-corrected chi connectivity index (χ1v) is 9.58. The van der Waals surface area contributed by atoms with Crippen molar-refractivity contribution in [3.8, 4) is 0 Å². The van der Waals surface area contributed by atoms with Crippen LogP contribution in [0.4, 0.5) is 4.39 Å². The highest BCUT2D eigenvalue weighted by Crippen LogP contribution is 2.21. The van der Waals surface area contributed by atoms with Crippen LogP contribution in [0, 0.1) is 5.82 Å². The summed E-state index contributed by atoms with van der Waals surface area (Å²) in [4.78, 5) is 14.8. The molecule has 1 aliphatic rings. The van der Waals surface area contributed by atoms with E-state index in [1.54, 1.807) is 18.2 Å². The summed E-state index contributed by atoms with van der Waals surface area (Å²) >= 11 is 0. The molecular formula is C23H31FN4O. The van der Waals surface area contributed by atoms with Crippen molar-refractivity contribution in [2.45, 2.75) is 25.8 Å². The number of allylic oxidation sites excluding steroid dienone is 4. The van der Waals surface area contributed by atoms with Crippen LogP contribution in [-0.2, 0) is 17.8 Å². The Labute approximate surface area is 173 Å². The van der Waals surface area contributed by atoms with Gasteiger partial charge in [0.05, 0.1) is 24.1 Å². The Morgan fingerprint density at radius 3 is 2.90 bits per heavy atom. The highest BCUT2D eigenvalue weighted by Gasteiger charge is 2.16. The lowest BCUT2D eigenvalue weighted by Gasteiger charge is -2.21. The molecule has 0 bridgehead atoms. The molecule has 0 atom stereocenters. The zero-order valence-electron chi connectivity index (χ0n) is 17.2. The van der Waals surface area contributed by atoms with Crippen LogP contribution < -0.4 is 0 Å². The van der Waals surface area contributed by atoms with Crippen LogP contribution in [0.3, 0.4) is 0 Å². The van der Waals surface area contributed by atoms with Gasteiger partial charge in [-0.2, -0.15) is 0 Å². The van der Waals surface area contributed by atoms with E-state index in [1.165, 1.54) is 11.8 Å². The summed E-state index contributed by atoms with van der Waals surface area (Å²) in [6, 6.07) is 4.88. The van der Waals surface area contributed by atoms with Crippen molar-refractivity contribution < 1.29 is 10.6 Å². The molecule has 2 aromatic rings. The Kier molecular flexibility index (Phi) is 8.55. The van der Waals surface area contributed by atoms with Gasteiger partial charge < -0.3 is 9.69 Å². The molecule has 29 heavy (non-hydrogen) atoms. The van der Waals surface area contributed by atoms with Gasteiger partial charge in [-0.05, 0) is 56.7 Å². The SMILES string of the molecule is C=C/C=C/c1ccc(F)cc1Cn1[nH]c2c1CC=C(CCCN(C)C)N=C2.C=O.[HH]. The van der Waals surface area contributed by atoms with Gasteiger partial charge in [-0.25, -0.2) is 4.39 Å². The highest BCUT2D eigenvalue weighted by molar-refractivity contribution is 5.80. The minimum Gasteiger partial charge on any atom is -0.309 e. The zero-order valence-corrected chi connectivity index (χ0v) is 17.2. The summed E-state index contributed by atoms with van der Waals surface area (Å²) < 4.78 is 15.8. The average Bonchev–Trinajstić information content (AvgIpc) is 2.85. The quantitative estimate of drug-likeness (QED) is 0.667. The smallest absolute Gasteiger partial charge is 0.123 e. The Morgan fingerprint density at radius 1 is 1.38 bits per heavy atom. The van der Waals surface area contributed by atoms with Crippen LogP contribution in [0.1, 0.15) is 36.8 Å². The fourth-order valence-electron chi connectivity index (χ4n) is 3.20. The monoisotopic (exact) mass is 398 g/mol. The van der Waals surface area contributed by atoms with E-state index in [2.05, 4.69) is 46.4 Å². The lowest BCUT2D eigenvalue weighted by molar-refractivity contribution is -0.0979. The number of nitrogens with zero attached hydrogens (tertiary/aromatic N) is 3. The zero-order chi connectivity index (χ0) is 21.2. The number of fused-ring (bicyclic) bond motifs is 1. The maximum absolute atomic E-state index is 13.7. The molecule has 1 N–H and O–H groups in total. The van der Waals surface area contributed by atoms with Gasteiger partial charge in [-0.3, -0.25) is 14.8 Å². The molecule has 0 spiro atoms. The van der Waals surface area contributed by atoms with Gasteiger partial charge in [-0.15, -0.1) is 0 Å². The van der Waals surface area contributed by atoms with Crippen LogP contribution in [0.5, 0.6) is 0 Å². The average molecular weight is 399 g/mol. The van der Waals surface area contributed by atoms with Crippen molar-refractivity contribution in [3.63, 3.8) is 0 Å². The number of carbonyl (C=O) groups excluding carboxylic acids is 1. The number of aromatic nitrogens is 2. The third kappa shape index (κ3) is 6.26. The van der Waals surface area contributed by atoms with E-state index in [0.717, 1.165) is 48.3 Å². The molecule has 0 saturated carbocycles. The molecule has 156 valence electrons. The maximum atomic E-state index is 13.7. The van der Waals surface area contributed by atoms with Gasteiger partial charge in [0, 0.05) is 13.5 Å². The van der Waals surface area contributed by atoms with Gasteiger partial charge in [0.15, 0.2) is 0 Å². The van der Waals surface area contributed by atoms with Crippen molar-refractivity contribution in [2.24, 2.45) is 4.99 Å². The van der Waals surface area contributed by atoms with Crippen molar-refractivity contribution in [1.82, 2.24) is 14.7 Å². The molecule has 0 saturated heterocycles. The fraction of sp³-hybridized carbons (Fsp3) is 0.304. The normalized spacial score (nSPS) is 13.0. The summed E-state index contributed by atoms with van der Waals surface area (Å²) in [7, 11) is 4.17. The molecule has 0 unspecified atom stereocenters. The molecule has 1 aromatic heterocycles. The molecule has 1 aliphatic heterocycles. The van der Waals surface area contributed by atoms with E-state index < -0.39 is 0 Å². The first-order chi connectivity index (χ1) is 14.1. The van der Waals surface area contributed by atoms with E-state index in [0.29, 0.717) is 6.54 Å². The second kappa shape index (κ2) is 11.1. The first-order valence-electron chi connectivity index (χ1n) is 9.58. The Morgan fingerprint density at radius 2 is 2.17 bits per heavy atom. The van der Waals surface area contributed by atoms with Crippen LogP contribution in [0.15, 0.2) is 53.7 Å². The number of aliphatic imine (C=N–C) groups is 1. The minimum atomic E-state index is -0.221. The fourth-order valence-corrected chi connectivity index (χ4v) is 3.20. The predicted octanol–water partition coefficient (Wildman–Crippen LogP) is 4.46. The number of nitrogens with one attached hydrogen (secondary N) is 1. The number of H-pyrrole nitrogens is 1. The Hall–Kier alpha value is -2.99. The summed E-state index contributed by atoms with van der Waals surface area (Å²) in [6.45, 7) is 7.36. The van der Waals surface area contributed by atoms with Crippen molar-refractivity contribution in [1.29, 1.82) is 0 Å². The van der Waals surface area contributed by atoms with Crippen LogP contribution >= 0.6 is 0 Å². The van der Waals surface area contributed by atoms with Gasteiger partial charge in [0.1, 0.15) is 12.6 Å². The molecule has 0 aliphatic carbocycles. The molecule has 3 rings (SSSR count). The number of aromatic amines is 1. The predicted molar refractivity (Wildman–Crippen MR) is 120 cm³/mol. The minimum absolute atomic E-state index is 0. The Balaban J connectivity index is 0.00000146. The van der Waals surface area contributed by atoms with E-state index in [-0.39, 0.29) is 7.24 Å². The molecule has 6 heteroatoms. The van der Waals surface area contributed by atoms with Crippen LogP contribution in [0.2, 0.25) is 0 Å². The molecule has 2 heterocycles. The third-order valence-electron chi connectivity index (χ3n) is 4.67. The van der Waals surface area contributed by atoms with Crippen molar-refractivity contribution in [2.75, 3.05) is 20.6 Å². The summed E-state index contributed by atoms with van der Waals surface area (Å²) in [5.74, 6) is -0.221. The van der Waals surface area contributed by atoms with Crippen molar-refractivity contribution in [3.05, 3.63) is 77.0 Å². The van der Waals surface area contributed by atoms with Gasteiger partial charge in [0.25, 0.3) is 0 Å². The number of benzene rings is 1. The topological polar surface area (TPSA) is 53.4 Å². The summed E-state index contributed by atoms with van der Waals surface area (Å²) in [6.07, 6.45) is 12.6. The molecule has 1 aromatic carbocycles. The van der Waals surface area contributed by atoms with Gasteiger partial charge >= 0.3 is 0 Å². The number of halogens is 1. The van der Waals surface area contributed by atoms with E-state index in [1.807, 2.05) is 25.2 Å². The molecule has 5 nitrogen and oxygen atoms in total. The first kappa shape index (κ1) is 22.3. The number of rotatable bonds is 8.